The van der Waals surface area contributed by atoms with E-state index in [-0.39, 0.29) is 13.2 Å². The molecule has 0 fully saturated rings. The Balaban J connectivity index is 2.49. The number of para-hydroxylation sites is 1. The second-order valence-electron chi connectivity index (χ2n) is 4.46. The normalized spacial score (nSPS) is 10.9. The van der Waals surface area contributed by atoms with Crippen LogP contribution in [0.3, 0.4) is 0 Å². The Hall–Kier alpha value is -1.65. The molecule has 1 aromatic heterocycles. The van der Waals surface area contributed by atoms with Crippen molar-refractivity contribution in [2.24, 2.45) is 0 Å². The molecule has 4 heteroatoms. The van der Waals surface area contributed by atoms with Crippen molar-refractivity contribution in [1.82, 2.24) is 4.98 Å². The zero-order chi connectivity index (χ0) is 13.7. The molecule has 0 aliphatic rings. The van der Waals surface area contributed by atoms with E-state index in [1.807, 2.05) is 30.3 Å². The van der Waals surface area contributed by atoms with Gasteiger partial charge in [0.2, 0.25) is 0 Å². The highest BCUT2D eigenvalue weighted by molar-refractivity contribution is 5.91. The van der Waals surface area contributed by atoms with Crippen LogP contribution in [0.25, 0.3) is 10.9 Å². The van der Waals surface area contributed by atoms with Crippen molar-refractivity contribution in [3.05, 3.63) is 36.0 Å². The monoisotopic (exact) mass is 260 g/mol. The van der Waals surface area contributed by atoms with Gasteiger partial charge in [-0.1, -0.05) is 18.2 Å². The number of aromatic nitrogens is 1. The first-order valence-corrected chi connectivity index (χ1v) is 6.65. The largest absolute Gasteiger partial charge is 0.396 e. The van der Waals surface area contributed by atoms with Crippen LogP contribution < -0.4 is 4.90 Å². The fraction of sp³-hybridized carbons (Fsp3) is 0.400. The minimum atomic E-state index is -0.0601. The Morgan fingerprint density at radius 1 is 1.21 bits per heavy atom. The maximum atomic E-state index is 9.33. The van der Waals surface area contributed by atoms with Gasteiger partial charge in [-0.15, -0.1) is 0 Å². The van der Waals surface area contributed by atoms with Crippen molar-refractivity contribution in [3.8, 4) is 0 Å². The molecule has 0 saturated carbocycles. The molecular formula is C15H20N2O2. The van der Waals surface area contributed by atoms with Crippen LogP contribution >= 0.6 is 0 Å². The van der Waals surface area contributed by atoms with E-state index in [0.717, 1.165) is 36.1 Å². The van der Waals surface area contributed by atoms with E-state index < -0.39 is 0 Å². The Morgan fingerprint density at radius 3 is 2.68 bits per heavy atom. The lowest BCUT2D eigenvalue weighted by molar-refractivity contribution is 0.277. The summed E-state index contributed by atoms with van der Waals surface area (Å²) in [5.74, 6) is 0. The number of benzene rings is 1. The molecule has 2 aromatic rings. The average molecular weight is 260 g/mol. The van der Waals surface area contributed by atoms with Crippen LogP contribution in [0.5, 0.6) is 0 Å². The zero-order valence-electron chi connectivity index (χ0n) is 11.2. The maximum Gasteiger partial charge on any atom is 0.0854 e. The molecule has 1 heterocycles. The topological polar surface area (TPSA) is 56.6 Å². The average Bonchev–Trinajstić information content (AvgIpc) is 2.47. The molecule has 0 radical (unpaired) electrons. The Bertz CT molecular complexity index is 543. The number of hydrogen-bond acceptors (Lipinski definition) is 4. The molecule has 102 valence electrons. The summed E-state index contributed by atoms with van der Waals surface area (Å²) in [4.78, 5) is 6.63. The highest BCUT2D eigenvalue weighted by atomic mass is 16.3. The van der Waals surface area contributed by atoms with Gasteiger partial charge in [-0.05, 0) is 25.5 Å². The quantitative estimate of drug-likeness (QED) is 0.833. The molecule has 0 spiro atoms. The molecule has 0 amide bonds. The second-order valence-corrected chi connectivity index (χ2v) is 4.46. The summed E-state index contributed by atoms with van der Waals surface area (Å²) in [6.07, 6.45) is 0.735. The fourth-order valence-corrected chi connectivity index (χ4v) is 2.26. The molecule has 19 heavy (non-hydrogen) atoms. The number of fused-ring (bicyclic) bond motifs is 1. The minimum absolute atomic E-state index is 0.0601. The smallest absolute Gasteiger partial charge is 0.0854 e. The molecule has 0 saturated heterocycles. The highest BCUT2D eigenvalue weighted by Gasteiger charge is 2.10. The summed E-state index contributed by atoms with van der Waals surface area (Å²) in [7, 11) is 0. The lowest BCUT2D eigenvalue weighted by Crippen LogP contribution is -2.25. The van der Waals surface area contributed by atoms with Gasteiger partial charge < -0.3 is 15.1 Å². The second kappa shape index (κ2) is 6.50. The van der Waals surface area contributed by atoms with Crippen molar-refractivity contribution in [1.29, 1.82) is 0 Å². The zero-order valence-corrected chi connectivity index (χ0v) is 11.2. The van der Waals surface area contributed by atoms with E-state index in [1.165, 1.54) is 0 Å². The van der Waals surface area contributed by atoms with E-state index >= 15 is 0 Å². The van der Waals surface area contributed by atoms with E-state index in [2.05, 4.69) is 16.8 Å². The summed E-state index contributed by atoms with van der Waals surface area (Å²) < 4.78 is 0. The summed E-state index contributed by atoms with van der Waals surface area (Å²) in [5.41, 5.74) is 2.65. The summed E-state index contributed by atoms with van der Waals surface area (Å²) in [5, 5.41) is 19.4. The molecule has 2 N–H and O–H groups in total. The predicted octanol–water partition coefficient (Wildman–Crippen LogP) is 1.94. The van der Waals surface area contributed by atoms with E-state index in [0.29, 0.717) is 5.69 Å². The first-order valence-electron chi connectivity index (χ1n) is 6.65. The number of nitrogens with zero attached hydrogens (tertiary/aromatic N) is 2. The molecule has 0 unspecified atom stereocenters. The lowest BCUT2D eigenvalue weighted by atomic mass is 10.1. The lowest BCUT2D eigenvalue weighted by Gasteiger charge is -2.24. The number of rotatable bonds is 6. The molecule has 0 aliphatic heterocycles. The van der Waals surface area contributed by atoms with Crippen molar-refractivity contribution in [2.75, 3.05) is 24.6 Å². The van der Waals surface area contributed by atoms with Crippen LogP contribution in [0.4, 0.5) is 5.69 Å². The third kappa shape index (κ3) is 3.03. The van der Waals surface area contributed by atoms with Gasteiger partial charge in [0.25, 0.3) is 0 Å². The Morgan fingerprint density at radius 2 is 2.00 bits per heavy atom. The molecule has 4 nitrogen and oxygen atoms in total. The SMILES string of the molecule is CCN(CCCO)c1cc(CO)nc2ccccc12. The van der Waals surface area contributed by atoms with Gasteiger partial charge in [0.1, 0.15) is 0 Å². The van der Waals surface area contributed by atoms with E-state index in [1.54, 1.807) is 0 Å². The van der Waals surface area contributed by atoms with Crippen LogP contribution in [-0.2, 0) is 6.61 Å². The van der Waals surface area contributed by atoms with Gasteiger partial charge in [0.05, 0.1) is 17.8 Å². The predicted molar refractivity (Wildman–Crippen MR) is 77.3 cm³/mol. The Kier molecular flexibility index (Phi) is 4.71. The van der Waals surface area contributed by atoms with Gasteiger partial charge in [-0.3, -0.25) is 4.98 Å². The van der Waals surface area contributed by atoms with Crippen LogP contribution in [0, 0.1) is 0 Å². The molecule has 0 bridgehead atoms. The minimum Gasteiger partial charge on any atom is -0.396 e. The van der Waals surface area contributed by atoms with Gasteiger partial charge in [0.15, 0.2) is 0 Å². The Labute approximate surface area is 113 Å². The number of hydrogen-bond donors (Lipinski definition) is 2. The van der Waals surface area contributed by atoms with Crippen LogP contribution in [-0.4, -0.2) is 34.9 Å². The van der Waals surface area contributed by atoms with E-state index in [9.17, 15) is 5.11 Å². The number of aliphatic hydroxyl groups excluding tert-OH is 2. The first kappa shape index (κ1) is 13.8. The fourth-order valence-electron chi connectivity index (χ4n) is 2.26. The first-order chi connectivity index (χ1) is 9.30. The number of pyridine rings is 1. The molecule has 0 aliphatic carbocycles. The third-order valence-corrected chi connectivity index (χ3v) is 3.22. The molecular weight excluding hydrogens is 240 g/mol. The molecule has 1 aromatic carbocycles. The van der Waals surface area contributed by atoms with Crippen LogP contribution in [0.1, 0.15) is 19.0 Å². The number of aliphatic hydroxyl groups is 2. The number of anilines is 1. The van der Waals surface area contributed by atoms with Gasteiger partial charge in [-0.25, -0.2) is 0 Å². The van der Waals surface area contributed by atoms with E-state index in [4.69, 9.17) is 5.11 Å². The maximum absolute atomic E-state index is 9.33. The summed E-state index contributed by atoms with van der Waals surface area (Å²) in [6, 6.07) is 9.87. The molecule has 0 atom stereocenters. The van der Waals surface area contributed by atoms with Crippen LogP contribution in [0.2, 0.25) is 0 Å². The van der Waals surface area contributed by atoms with Crippen molar-refractivity contribution < 1.29 is 10.2 Å². The summed E-state index contributed by atoms with van der Waals surface area (Å²) in [6.45, 7) is 3.87. The van der Waals surface area contributed by atoms with Crippen molar-refractivity contribution >= 4 is 16.6 Å². The van der Waals surface area contributed by atoms with Crippen LogP contribution in [0.15, 0.2) is 30.3 Å². The van der Waals surface area contributed by atoms with Crippen molar-refractivity contribution in [3.63, 3.8) is 0 Å². The molecule has 2 rings (SSSR count). The standard InChI is InChI=1S/C15H20N2O2/c1-2-17(8-5-9-18)15-10-12(11-19)16-14-7-4-3-6-13(14)15/h3-4,6-7,10,18-19H,2,5,8-9,11H2,1H3. The van der Waals surface area contributed by atoms with Crippen molar-refractivity contribution in [2.45, 2.75) is 20.0 Å². The third-order valence-electron chi connectivity index (χ3n) is 3.22. The van der Waals surface area contributed by atoms with Gasteiger partial charge in [0, 0.05) is 30.8 Å². The van der Waals surface area contributed by atoms with Gasteiger partial charge in [-0.2, -0.15) is 0 Å². The summed E-state index contributed by atoms with van der Waals surface area (Å²) >= 11 is 0. The van der Waals surface area contributed by atoms with Gasteiger partial charge >= 0.3 is 0 Å². The highest BCUT2D eigenvalue weighted by Crippen LogP contribution is 2.27.